The number of imide groups is 2. The van der Waals surface area contributed by atoms with Crippen LogP contribution in [0.25, 0.3) is 6.08 Å². The summed E-state index contributed by atoms with van der Waals surface area (Å²) in [5, 5.41) is 2.22. The van der Waals surface area contributed by atoms with E-state index in [0.717, 1.165) is 16.2 Å². The molecular formula is C27H24N2O6. The monoisotopic (exact) mass is 472 g/mol. The van der Waals surface area contributed by atoms with E-state index in [1.54, 1.807) is 42.5 Å². The van der Waals surface area contributed by atoms with Crippen molar-refractivity contribution in [3.63, 3.8) is 0 Å². The maximum atomic E-state index is 13.1. The van der Waals surface area contributed by atoms with Crippen LogP contribution >= 0.6 is 0 Å². The van der Waals surface area contributed by atoms with E-state index in [9.17, 15) is 14.4 Å². The number of carbonyl (C=O) groups is 3. The van der Waals surface area contributed by atoms with Gasteiger partial charge in [0.2, 0.25) is 0 Å². The number of rotatable bonds is 8. The van der Waals surface area contributed by atoms with Crippen molar-refractivity contribution in [2.75, 3.05) is 25.2 Å². The van der Waals surface area contributed by atoms with Gasteiger partial charge in [0.15, 0.2) is 11.5 Å². The van der Waals surface area contributed by atoms with Crippen LogP contribution in [0.15, 0.2) is 78.4 Å². The average Bonchev–Trinajstić information content (AvgIpc) is 2.86. The number of anilines is 1. The number of amides is 4. The van der Waals surface area contributed by atoms with Crippen LogP contribution in [0.2, 0.25) is 0 Å². The number of barbiturate groups is 1. The van der Waals surface area contributed by atoms with E-state index in [1.165, 1.54) is 13.2 Å². The summed E-state index contributed by atoms with van der Waals surface area (Å²) in [6.45, 7) is 2.53. The molecule has 0 radical (unpaired) electrons. The quantitative estimate of drug-likeness (QED) is 0.301. The Kier molecular flexibility index (Phi) is 7.11. The molecule has 1 heterocycles. The first-order valence-corrected chi connectivity index (χ1v) is 10.9. The van der Waals surface area contributed by atoms with E-state index >= 15 is 0 Å². The number of hydrogen-bond acceptors (Lipinski definition) is 6. The maximum absolute atomic E-state index is 13.1. The lowest BCUT2D eigenvalue weighted by Gasteiger charge is -2.26. The molecule has 0 aliphatic carbocycles. The fraction of sp³-hybridized carbons (Fsp3) is 0.148. The smallest absolute Gasteiger partial charge is 0.335 e. The molecule has 0 saturated carbocycles. The fourth-order valence-corrected chi connectivity index (χ4v) is 3.47. The number of para-hydroxylation sites is 1. The van der Waals surface area contributed by atoms with Crippen molar-refractivity contribution in [1.29, 1.82) is 0 Å². The lowest BCUT2D eigenvalue weighted by Crippen LogP contribution is -2.54. The highest BCUT2D eigenvalue weighted by atomic mass is 16.5. The first-order chi connectivity index (χ1) is 17.0. The first-order valence-electron chi connectivity index (χ1n) is 10.9. The number of ether oxygens (including phenoxy) is 3. The Balaban J connectivity index is 1.49. The summed E-state index contributed by atoms with van der Waals surface area (Å²) in [6, 6.07) is 20.5. The zero-order chi connectivity index (χ0) is 24.8. The maximum Gasteiger partial charge on any atom is 0.335 e. The molecule has 1 aliphatic heterocycles. The highest BCUT2D eigenvalue weighted by Crippen LogP contribution is 2.30. The van der Waals surface area contributed by atoms with Gasteiger partial charge in [0.05, 0.1) is 12.8 Å². The highest BCUT2D eigenvalue weighted by Gasteiger charge is 2.36. The minimum Gasteiger partial charge on any atom is -0.493 e. The number of hydrogen-bond donors (Lipinski definition) is 1. The van der Waals surface area contributed by atoms with Gasteiger partial charge in [-0.05, 0) is 55.0 Å². The van der Waals surface area contributed by atoms with E-state index in [-0.39, 0.29) is 5.57 Å². The zero-order valence-electron chi connectivity index (χ0n) is 19.3. The number of aryl methyl sites for hydroxylation is 1. The molecule has 178 valence electrons. The van der Waals surface area contributed by atoms with Gasteiger partial charge >= 0.3 is 6.03 Å². The lowest BCUT2D eigenvalue weighted by molar-refractivity contribution is -0.122. The molecule has 4 rings (SSSR count). The van der Waals surface area contributed by atoms with Crippen LogP contribution in [-0.4, -0.2) is 38.2 Å². The largest absolute Gasteiger partial charge is 0.493 e. The van der Waals surface area contributed by atoms with Gasteiger partial charge in [-0.15, -0.1) is 0 Å². The molecule has 1 N–H and O–H groups in total. The summed E-state index contributed by atoms with van der Waals surface area (Å²) in [7, 11) is 1.50. The van der Waals surface area contributed by atoms with Gasteiger partial charge in [0.1, 0.15) is 24.5 Å². The molecule has 8 nitrogen and oxygen atoms in total. The van der Waals surface area contributed by atoms with Crippen molar-refractivity contribution < 1.29 is 28.6 Å². The number of nitrogens with one attached hydrogen (secondary N) is 1. The molecule has 1 saturated heterocycles. The van der Waals surface area contributed by atoms with Gasteiger partial charge in [0.25, 0.3) is 11.8 Å². The van der Waals surface area contributed by atoms with Crippen LogP contribution in [0, 0.1) is 6.92 Å². The van der Waals surface area contributed by atoms with Crippen molar-refractivity contribution >= 4 is 29.6 Å². The Morgan fingerprint density at radius 3 is 2.29 bits per heavy atom. The topological polar surface area (TPSA) is 94.2 Å². The van der Waals surface area contributed by atoms with Crippen molar-refractivity contribution in [2.24, 2.45) is 0 Å². The fourth-order valence-electron chi connectivity index (χ4n) is 3.47. The Hall–Kier alpha value is -4.59. The molecule has 35 heavy (non-hydrogen) atoms. The third kappa shape index (κ3) is 5.50. The van der Waals surface area contributed by atoms with E-state index in [1.807, 2.05) is 37.3 Å². The third-order valence-corrected chi connectivity index (χ3v) is 5.25. The van der Waals surface area contributed by atoms with Gasteiger partial charge in [0, 0.05) is 0 Å². The molecule has 3 aromatic rings. The lowest BCUT2D eigenvalue weighted by atomic mass is 10.1. The second-order valence-corrected chi connectivity index (χ2v) is 7.71. The summed E-state index contributed by atoms with van der Waals surface area (Å²) in [6.07, 6.45) is 1.41. The Morgan fingerprint density at radius 1 is 0.857 bits per heavy atom. The molecule has 0 aromatic heterocycles. The predicted octanol–water partition coefficient (Wildman–Crippen LogP) is 4.13. The molecule has 1 aliphatic rings. The molecule has 0 unspecified atom stereocenters. The van der Waals surface area contributed by atoms with Crippen molar-refractivity contribution in [3.8, 4) is 17.2 Å². The van der Waals surface area contributed by atoms with Gasteiger partial charge in [-0.25, -0.2) is 9.69 Å². The minimum absolute atomic E-state index is 0.169. The van der Waals surface area contributed by atoms with Gasteiger partial charge in [-0.3, -0.25) is 14.9 Å². The minimum atomic E-state index is -0.792. The van der Waals surface area contributed by atoms with Crippen molar-refractivity contribution in [1.82, 2.24) is 5.32 Å². The molecule has 4 amide bonds. The molecule has 0 bridgehead atoms. The Morgan fingerprint density at radius 2 is 1.57 bits per heavy atom. The first kappa shape index (κ1) is 23.6. The highest BCUT2D eigenvalue weighted by molar-refractivity contribution is 6.39. The molecular weight excluding hydrogens is 448 g/mol. The van der Waals surface area contributed by atoms with E-state index in [0.29, 0.717) is 36.0 Å². The number of carbonyl (C=O) groups excluding carboxylic acids is 3. The third-order valence-electron chi connectivity index (χ3n) is 5.25. The van der Waals surface area contributed by atoms with Crippen LogP contribution in [-0.2, 0) is 9.59 Å². The molecule has 8 heteroatoms. The van der Waals surface area contributed by atoms with Crippen molar-refractivity contribution in [3.05, 3.63) is 89.5 Å². The summed E-state index contributed by atoms with van der Waals surface area (Å²) in [4.78, 5) is 38.8. The van der Waals surface area contributed by atoms with Crippen LogP contribution in [0.1, 0.15) is 11.1 Å². The number of benzene rings is 3. The number of nitrogens with zero attached hydrogens (tertiary/aromatic N) is 1. The van der Waals surface area contributed by atoms with E-state index in [4.69, 9.17) is 14.2 Å². The number of methoxy groups -OCH3 is 1. The van der Waals surface area contributed by atoms with Crippen LogP contribution < -0.4 is 24.4 Å². The SMILES string of the molecule is COc1cc(/C=C2\C(=O)NC(=O)N(c3ccc(C)cc3)C2=O)ccc1OCCOc1ccccc1. The van der Waals surface area contributed by atoms with Crippen LogP contribution in [0.5, 0.6) is 17.2 Å². The van der Waals surface area contributed by atoms with Crippen LogP contribution in [0.3, 0.4) is 0 Å². The van der Waals surface area contributed by atoms with Crippen LogP contribution in [0.4, 0.5) is 10.5 Å². The summed E-state index contributed by atoms with van der Waals surface area (Å²) >= 11 is 0. The van der Waals surface area contributed by atoms with E-state index < -0.39 is 17.8 Å². The zero-order valence-corrected chi connectivity index (χ0v) is 19.3. The van der Waals surface area contributed by atoms with Gasteiger partial charge in [-0.1, -0.05) is 42.0 Å². The van der Waals surface area contributed by atoms with Gasteiger partial charge in [-0.2, -0.15) is 0 Å². The Bertz CT molecular complexity index is 1270. The normalized spacial score (nSPS) is 14.6. The number of urea groups is 1. The van der Waals surface area contributed by atoms with E-state index in [2.05, 4.69) is 5.32 Å². The summed E-state index contributed by atoms with van der Waals surface area (Å²) in [5.41, 5.74) is 1.71. The predicted molar refractivity (Wildman–Crippen MR) is 131 cm³/mol. The molecule has 0 spiro atoms. The Labute approximate surface area is 202 Å². The molecule has 0 atom stereocenters. The second-order valence-electron chi connectivity index (χ2n) is 7.71. The van der Waals surface area contributed by atoms with Crippen molar-refractivity contribution in [2.45, 2.75) is 6.92 Å². The second kappa shape index (κ2) is 10.6. The molecule has 3 aromatic carbocycles. The standard InChI is InChI=1S/C27H24N2O6/c1-18-8-11-20(12-9-18)29-26(31)22(25(30)28-27(29)32)16-19-10-13-23(24(17-19)33-2)35-15-14-34-21-6-4-3-5-7-21/h3-13,16-17H,14-15H2,1-2H3,(H,28,30,32)/b22-16+. The van der Waals surface area contributed by atoms with Gasteiger partial charge < -0.3 is 14.2 Å². The summed E-state index contributed by atoms with van der Waals surface area (Å²) in [5.74, 6) is 0.190. The molecule has 1 fully saturated rings. The summed E-state index contributed by atoms with van der Waals surface area (Å²) < 4.78 is 16.8. The average molecular weight is 472 g/mol.